The molecule has 1 aromatic carbocycles. The molecule has 25 heavy (non-hydrogen) atoms. The van der Waals surface area contributed by atoms with Crippen molar-refractivity contribution in [1.29, 1.82) is 0 Å². The summed E-state index contributed by atoms with van der Waals surface area (Å²) in [5, 5.41) is 4.55. The minimum atomic E-state index is -0.453. The van der Waals surface area contributed by atoms with E-state index >= 15 is 0 Å². The van der Waals surface area contributed by atoms with Crippen molar-refractivity contribution in [3.05, 3.63) is 47.8 Å². The van der Waals surface area contributed by atoms with E-state index in [1.165, 1.54) is 5.69 Å². The van der Waals surface area contributed by atoms with Crippen LogP contribution in [-0.4, -0.2) is 46.9 Å². The van der Waals surface area contributed by atoms with Crippen LogP contribution in [0, 0.1) is 5.41 Å². The zero-order valence-electron chi connectivity index (χ0n) is 14.4. The van der Waals surface area contributed by atoms with Crippen molar-refractivity contribution in [1.82, 2.24) is 14.7 Å². The number of benzene rings is 1. The average Bonchev–Trinajstić information content (AvgIpc) is 3.12. The summed E-state index contributed by atoms with van der Waals surface area (Å²) in [5.74, 6) is 0.177. The maximum absolute atomic E-state index is 13.2. The lowest BCUT2D eigenvalue weighted by atomic mass is 9.78. The molecule has 6 heteroatoms. The Hall–Kier alpha value is -2.18. The molecule has 0 bridgehead atoms. The van der Waals surface area contributed by atoms with Gasteiger partial charge in [0.15, 0.2) is 0 Å². The lowest BCUT2D eigenvalue weighted by Crippen LogP contribution is -2.52. The van der Waals surface area contributed by atoms with Crippen LogP contribution in [0.4, 0.5) is 0 Å². The number of ether oxygens (including phenoxy) is 1. The van der Waals surface area contributed by atoms with Crippen LogP contribution in [0.2, 0.25) is 0 Å². The van der Waals surface area contributed by atoms with E-state index in [1.807, 2.05) is 34.0 Å². The van der Waals surface area contributed by atoms with Crippen LogP contribution in [-0.2, 0) is 22.5 Å². The minimum absolute atomic E-state index is 0.177. The summed E-state index contributed by atoms with van der Waals surface area (Å²) in [7, 11) is 0. The number of nitrogens with two attached hydrogens (primary N) is 1. The SMILES string of the molecule is NCC1(C(=O)N2CCc3c(cnn3-c3ccccc3)C2)CCOCC1. The highest BCUT2D eigenvalue weighted by Crippen LogP contribution is 2.33. The number of hydrogen-bond acceptors (Lipinski definition) is 4. The van der Waals surface area contributed by atoms with Crippen LogP contribution < -0.4 is 5.73 Å². The Morgan fingerprint density at radius 3 is 2.72 bits per heavy atom. The predicted octanol–water partition coefficient (Wildman–Crippen LogP) is 1.51. The molecule has 0 unspecified atom stereocenters. The van der Waals surface area contributed by atoms with Gasteiger partial charge < -0.3 is 15.4 Å². The van der Waals surface area contributed by atoms with Gasteiger partial charge in [0.2, 0.25) is 5.91 Å². The van der Waals surface area contributed by atoms with Crippen LogP contribution in [0.1, 0.15) is 24.1 Å². The fourth-order valence-corrected chi connectivity index (χ4v) is 3.90. The van der Waals surface area contributed by atoms with Crippen molar-refractivity contribution < 1.29 is 9.53 Å². The fourth-order valence-electron chi connectivity index (χ4n) is 3.90. The van der Waals surface area contributed by atoms with Gasteiger partial charge in [-0.25, -0.2) is 4.68 Å². The van der Waals surface area contributed by atoms with Gasteiger partial charge in [0.25, 0.3) is 0 Å². The van der Waals surface area contributed by atoms with Gasteiger partial charge >= 0.3 is 0 Å². The molecule has 3 heterocycles. The maximum atomic E-state index is 13.2. The number of hydrogen-bond donors (Lipinski definition) is 1. The topological polar surface area (TPSA) is 73.4 Å². The normalized spacial score (nSPS) is 19.5. The molecule has 1 amide bonds. The molecule has 2 aliphatic heterocycles. The molecule has 132 valence electrons. The molecule has 2 aromatic rings. The lowest BCUT2D eigenvalue weighted by molar-refractivity contribution is -0.148. The van der Waals surface area contributed by atoms with E-state index < -0.39 is 5.41 Å². The highest BCUT2D eigenvalue weighted by atomic mass is 16.5. The first-order valence-electron chi connectivity index (χ1n) is 8.92. The van der Waals surface area contributed by atoms with E-state index in [9.17, 15) is 4.79 Å². The molecule has 0 saturated carbocycles. The second-order valence-electron chi connectivity index (χ2n) is 6.94. The third-order valence-corrected chi connectivity index (χ3v) is 5.52. The van der Waals surface area contributed by atoms with Crippen molar-refractivity contribution in [3.63, 3.8) is 0 Å². The quantitative estimate of drug-likeness (QED) is 0.919. The second-order valence-corrected chi connectivity index (χ2v) is 6.94. The summed E-state index contributed by atoms with van der Waals surface area (Å²) in [6.07, 6.45) is 4.14. The first-order valence-corrected chi connectivity index (χ1v) is 8.92. The van der Waals surface area contributed by atoms with Crippen molar-refractivity contribution in [2.45, 2.75) is 25.8 Å². The first kappa shape index (κ1) is 16.3. The number of nitrogens with zero attached hydrogens (tertiary/aromatic N) is 3. The number of aromatic nitrogens is 2. The van der Waals surface area contributed by atoms with E-state index in [0.29, 0.717) is 32.8 Å². The molecule has 0 atom stereocenters. The van der Waals surface area contributed by atoms with E-state index in [0.717, 1.165) is 30.5 Å². The molecule has 0 spiro atoms. The Kier molecular flexibility index (Phi) is 4.31. The van der Waals surface area contributed by atoms with Crippen LogP contribution >= 0.6 is 0 Å². The minimum Gasteiger partial charge on any atom is -0.381 e. The average molecular weight is 340 g/mol. The van der Waals surface area contributed by atoms with Gasteiger partial charge in [-0.1, -0.05) is 18.2 Å². The smallest absolute Gasteiger partial charge is 0.230 e. The van der Waals surface area contributed by atoms with Crippen LogP contribution in [0.25, 0.3) is 5.69 Å². The zero-order valence-corrected chi connectivity index (χ0v) is 14.4. The van der Waals surface area contributed by atoms with Crippen LogP contribution in [0.5, 0.6) is 0 Å². The first-order chi connectivity index (χ1) is 12.2. The highest BCUT2D eigenvalue weighted by Gasteiger charge is 2.42. The Morgan fingerprint density at radius 2 is 2.00 bits per heavy atom. The number of amides is 1. The monoisotopic (exact) mass is 340 g/mol. The lowest BCUT2D eigenvalue weighted by Gasteiger charge is -2.40. The Balaban J connectivity index is 1.56. The van der Waals surface area contributed by atoms with Gasteiger partial charge in [0, 0.05) is 44.8 Å². The predicted molar refractivity (Wildman–Crippen MR) is 94.2 cm³/mol. The highest BCUT2D eigenvalue weighted by molar-refractivity contribution is 5.83. The number of fused-ring (bicyclic) bond motifs is 1. The van der Waals surface area contributed by atoms with E-state index in [2.05, 4.69) is 17.2 Å². The Bertz CT molecular complexity index is 750. The van der Waals surface area contributed by atoms with E-state index in [-0.39, 0.29) is 5.91 Å². The third kappa shape index (κ3) is 2.85. The number of carbonyl (C=O) groups is 1. The molecule has 2 aliphatic rings. The summed E-state index contributed by atoms with van der Waals surface area (Å²) in [6.45, 7) is 2.96. The van der Waals surface area contributed by atoms with Crippen molar-refractivity contribution in [3.8, 4) is 5.69 Å². The number of carbonyl (C=O) groups excluding carboxylic acids is 1. The molecule has 2 N–H and O–H groups in total. The maximum Gasteiger partial charge on any atom is 0.230 e. The zero-order chi connectivity index (χ0) is 17.3. The van der Waals surface area contributed by atoms with Crippen molar-refractivity contribution in [2.24, 2.45) is 11.1 Å². The summed E-state index contributed by atoms with van der Waals surface area (Å²) < 4.78 is 7.42. The van der Waals surface area contributed by atoms with Gasteiger partial charge in [0.1, 0.15) is 0 Å². The van der Waals surface area contributed by atoms with Crippen LogP contribution in [0.3, 0.4) is 0 Å². The van der Waals surface area contributed by atoms with Gasteiger partial charge in [-0.2, -0.15) is 5.10 Å². The molecule has 0 aliphatic carbocycles. The molecule has 1 aromatic heterocycles. The van der Waals surface area contributed by atoms with Crippen molar-refractivity contribution >= 4 is 5.91 Å². The summed E-state index contributed by atoms with van der Waals surface area (Å²) in [4.78, 5) is 15.1. The van der Waals surface area contributed by atoms with Gasteiger partial charge in [-0.05, 0) is 25.0 Å². The van der Waals surface area contributed by atoms with E-state index in [4.69, 9.17) is 10.5 Å². The standard InChI is InChI=1S/C19H24N4O2/c20-14-19(7-10-25-11-8-19)18(24)22-9-6-17-15(13-22)12-21-23(17)16-4-2-1-3-5-16/h1-5,12H,6-11,13-14,20H2. The third-order valence-electron chi connectivity index (χ3n) is 5.52. The summed E-state index contributed by atoms with van der Waals surface area (Å²) >= 11 is 0. The molecular formula is C19H24N4O2. The Morgan fingerprint density at radius 1 is 1.24 bits per heavy atom. The summed E-state index contributed by atoms with van der Waals surface area (Å²) in [5.41, 5.74) is 8.93. The van der Waals surface area contributed by atoms with E-state index in [1.54, 1.807) is 0 Å². The fraction of sp³-hybridized carbons (Fsp3) is 0.474. The van der Waals surface area contributed by atoms with Gasteiger partial charge in [-0.15, -0.1) is 0 Å². The molecule has 4 rings (SSSR count). The molecule has 1 fully saturated rings. The largest absolute Gasteiger partial charge is 0.381 e. The molecule has 6 nitrogen and oxygen atoms in total. The van der Waals surface area contributed by atoms with Gasteiger partial charge in [0.05, 0.1) is 23.0 Å². The second kappa shape index (κ2) is 6.61. The molecular weight excluding hydrogens is 316 g/mol. The number of para-hydroxylation sites is 1. The summed E-state index contributed by atoms with van der Waals surface area (Å²) in [6, 6.07) is 10.1. The van der Waals surface area contributed by atoms with Crippen LogP contribution in [0.15, 0.2) is 36.5 Å². The number of rotatable bonds is 3. The Labute approximate surface area is 147 Å². The molecule has 1 saturated heterocycles. The van der Waals surface area contributed by atoms with Crippen molar-refractivity contribution in [2.75, 3.05) is 26.3 Å². The molecule has 0 radical (unpaired) electrons. The van der Waals surface area contributed by atoms with Gasteiger partial charge in [-0.3, -0.25) is 4.79 Å².